The molecule has 0 aromatic heterocycles. The van der Waals surface area contributed by atoms with Gasteiger partial charge in [-0.25, -0.2) is 4.39 Å². The third kappa shape index (κ3) is 9.02. The molecular formula is C36H25Cl3FN3O3S. The van der Waals surface area contributed by atoms with Crippen molar-refractivity contribution in [3.8, 4) is 0 Å². The van der Waals surface area contributed by atoms with Crippen molar-refractivity contribution in [2.45, 2.75) is 10.1 Å². The van der Waals surface area contributed by atoms with E-state index >= 15 is 0 Å². The van der Waals surface area contributed by atoms with Gasteiger partial charge in [0.2, 0.25) is 5.91 Å². The SMILES string of the molecule is O=C(Nc1ccc(SC(C(=O)Nc2ccc(F)c(Cl)c2)c2ccccc2)cc1)/C(=C/c1cccc(Cl)c1Cl)NC(=O)c1ccccc1. The summed E-state index contributed by atoms with van der Waals surface area (Å²) in [6, 6.07) is 33.5. The zero-order chi connectivity index (χ0) is 33.3. The Morgan fingerprint density at radius 1 is 0.702 bits per heavy atom. The zero-order valence-electron chi connectivity index (χ0n) is 24.3. The average molecular weight is 705 g/mol. The van der Waals surface area contributed by atoms with Crippen LogP contribution in [0.1, 0.15) is 26.7 Å². The normalized spacial score (nSPS) is 11.8. The monoisotopic (exact) mass is 703 g/mol. The Labute approximate surface area is 289 Å². The number of hydrogen-bond acceptors (Lipinski definition) is 4. The van der Waals surface area contributed by atoms with Gasteiger partial charge in [0.1, 0.15) is 16.8 Å². The molecule has 0 radical (unpaired) electrons. The quantitative estimate of drug-likeness (QED) is 0.0998. The molecule has 3 amide bonds. The average Bonchev–Trinajstić information content (AvgIpc) is 3.08. The van der Waals surface area contributed by atoms with E-state index < -0.39 is 22.9 Å². The zero-order valence-corrected chi connectivity index (χ0v) is 27.4. The largest absolute Gasteiger partial charge is 0.325 e. The van der Waals surface area contributed by atoms with E-state index in [0.717, 1.165) is 10.5 Å². The summed E-state index contributed by atoms with van der Waals surface area (Å²) < 4.78 is 13.7. The fourth-order valence-electron chi connectivity index (χ4n) is 4.36. The second-order valence-corrected chi connectivity index (χ2v) is 12.4. The molecule has 0 aliphatic rings. The molecule has 0 bridgehead atoms. The number of carbonyl (C=O) groups is 3. The molecule has 0 spiro atoms. The standard InChI is InChI=1S/C36H25Cl3FN3O3S/c37-28-13-7-12-24(32(28)39)20-31(43-34(44)23-10-5-2-6-11-23)35(45)41-25-14-17-27(18-15-25)47-33(22-8-3-1-4-9-22)36(46)42-26-16-19-30(40)29(38)21-26/h1-21,33H,(H,41,45)(H,42,46)(H,43,44)/b31-20-. The maximum absolute atomic E-state index is 13.7. The van der Waals surface area contributed by atoms with Crippen LogP contribution in [0.3, 0.4) is 0 Å². The predicted octanol–water partition coefficient (Wildman–Crippen LogP) is 9.67. The summed E-state index contributed by atoms with van der Waals surface area (Å²) in [5.41, 5.74) is 2.32. The second-order valence-electron chi connectivity index (χ2n) is 10.0. The van der Waals surface area contributed by atoms with Crippen molar-refractivity contribution in [1.29, 1.82) is 0 Å². The van der Waals surface area contributed by atoms with Crippen molar-refractivity contribution in [2.75, 3.05) is 10.6 Å². The van der Waals surface area contributed by atoms with Gasteiger partial charge in [0.25, 0.3) is 11.8 Å². The van der Waals surface area contributed by atoms with Crippen molar-refractivity contribution in [3.63, 3.8) is 0 Å². The number of thioether (sulfide) groups is 1. The van der Waals surface area contributed by atoms with Crippen LogP contribution in [-0.2, 0) is 9.59 Å². The predicted molar refractivity (Wildman–Crippen MR) is 188 cm³/mol. The molecule has 6 nitrogen and oxygen atoms in total. The molecule has 5 aromatic rings. The Morgan fingerprint density at radius 3 is 2.04 bits per heavy atom. The highest BCUT2D eigenvalue weighted by Crippen LogP contribution is 2.37. The number of nitrogens with one attached hydrogen (secondary N) is 3. The van der Waals surface area contributed by atoms with Crippen molar-refractivity contribution >= 4 is 81.7 Å². The number of halogens is 4. The number of benzene rings is 5. The summed E-state index contributed by atoms with van der Waals surface area (Å²) in [6.07, 6.45) is 1.45. The molecule has 0 saturated heterocycles. The first-order chi connectivity index (χ1) is 22.7. The number of hydrogen-bond donors (Lipinski definition) is 3. The molecule has 0 heterocycles. The summed E-state index contributed by atoms with van der Waals surface area (Å²) in [5, 5.41) is 8.05. The molecule has 47 heavy (non-hydrogen) atoms. The summed E-state index contributed by atoms with van der Waals surface area (Å²) >= 11 is 19.7. The van der Waals surface area contributed by atoms with Crippen LogP contribution in [0.15, 0.2) is 132 Å². The van der Waals surface area contributed by atoms with Crippen molar-refractivity contribution in [3.05, 3.63) is 165 Å². The Bertz CT molecular complexity index is 1940. The highest BCUT2D eigenvalue weighted by Gasteiger charge is 2.23. The Morgan fingerprint density at radius 2 is 1.36 bits per heavy atom. The summed E-state index contributed by atoms with van der Waals surface area (Å²) in [4.78, 5) is 40.6. The maximum atomic E-state index is 13.7. The van der Waals surface area contributed by atoms with Crippen LogP contribution in [0.4, 0.5) is 15.8 Å². The Kier molecular flexibility index (Phi) is 11.3. The molecule has 1 unspecified atom stereocenters. The minimum Gasteiger partial charge on any atom is -0.325 e. The highest BCUT2D eigenvalue weighted by atomic mass is 35.5. The molecule has 0 aliphatic carbocycles. The molecule has 5 aromatic carbocycles. The van der Waals surface area contributed by atoms with Crippen LogP contribution in [0.5, 0.6) is 0 Å². The molecule has 236 valence electrons. The third-order valence-electron chi connectivity index (χ3n) is 6.70. The van der Waals surface area contributed by atoms with Gasteiger partial charge in [-0.15, -0.1) is 11.8 Å². The lowest BCUT2D eigenvalue weighted by Crippen LogP contribution is -2.30. The lowest BCUT2D eigenvalue weighted by molar-refractivity contribution is -0.116. The lowest BCUT2D eigenvalue weighted by Gasteiger charge is -2.18. The Balaban J connectivity index is 1.34. The minimum atomic E-state index is -0.661. The van der Waals surface area contributed by atoms with Crippen LogP contribution in [0.2, 0.25) is 15.1 Å². The Hall–Kier alpha value is -4.60. The summed E-state index contributed by atoms with van der Waals surface area (Å²) in [6.45, 7) is 0. The van der Waals surface area contributed by atoms with Gasteiger partial charge in [-0.2, -0.15) is 0 Å². The number of rotatable bonds is 10. The fraction of sp³-hybridized carbons (Fsp3) is 0.0278. The van der Waals surface area contributed by atoms with E-state index in [9.17, 15) is 18.8 Å². The fourth-order valence-corrected chi connectivity index (χ4v) is 5.93. The van der Waals surface area contributed by atoms with E-state index in [1.54, 1.807) is 72.8 Å². The van der Waals surface area contributed by atoms with Gasteiger partial charge in [-0.3, -0.25) is 14.4 Å². The van der Waals surface area contributed by atoms with E-state index in [2.05, 4.69) is 16.0 Å². The lowest BCUT2D eigenvalue weighted by atomic mass is 10.1. The molecule has 0 fully saturated rings. The number of amides is 3. The number of anilines is 2. The van der Waals surface area contributed by atoms with Gasteiger partial charge in [0.15, 0.2) is 0 Å². The van der Waals surface area contributed by atoms with E-state index in [-0.39, 0.29) is 21.6 Å². The molecule has 0 saturated carbocycles. The topological polar surface area (TPSA) is 87.3 Å². The molecule has 0 aliphatic heterocycles. The van der Waals surface area contributed by atoms with Crippen LogP contribution >= 0.6 is 46.6 Å². The first-order valence-electron chi connectivity index (χ1n) is 14.1. The highest BCUT2D eigenvalue weighted by molar-refractivity contribution is 8.00. The van der Waals surface area contributed by atoms with Gasteiger partial charge in [0.05, 0.1) is 15.1 Å². The maximum Gasteiger partial charge on any atom is 0.272 e. The van der Waals surface area contributed by atoms with Gasteiger partial charge in [0, 0.05) is 21.8 Å². The van der Waals surface area contributed by atoms with Crippen molar-refractivity contribution < 1.29 is 18.8 Å². The van der Waals surface area contributed by atoms with Crippen LogP contribution in [0.25, 0.3) is 6.08 Å². The first kappa shape index (κ1) is 33.8. The van der Waals surface area contributed by atoms with Crippen molar-refractivity contribution in [2.24, 2.45) is 0 Å². The summed E-state index contributed by atoms with van der Waals surface area (Å²) in [5.74, 6) is -1.99. The van der Waals surface area contributed by atoms with Crippen LogP contribution in [-0.4, -0.2) is 17.7 Å². The van der Waals surface area contributed by atoms with E-state index in [1.165, 1.54) is 36.0 Å². The van der Waals surface area contributed by atoms with Gasteiger partial charge in [-0.1, -0.05) is 95.5 Å². The minimum absolute atomic E-state index is 0.0526. The van der Waals surface area contributed by atoms with Crippen LogP contribution < -0.4 is 16.0 Å². The van der Waals surface area contributed by atoms with E-state index in [4.69, 9.17) is 34.8 Å². The van der Waals surface area contributed by atoms with Crippen LogP contribution in [0, 0.1) is 5.82 Å². The molecular weight excluding hydrogens is 680 g/mol. The van der Waals surface area contributed by atoms with Gasteiger partial charge < -0.3 is 16.0 Å². The van der Waals surface area contributed by atoms with Gasteiger partial charge in [-0.05, 0) is 77.9 Å². The van der Waals surface area contributed by atoms with Gasteiger partial charge >= 0.3 is 0 Å². The van der Waals surface area contributed by atoms with E-state index in [1.807, 2.05) is 30.3 Å². The molecule has 3 N–H and O–H groups in total. The summed E-state index contributed by atoms with van der Waals surface area (Å²) in [7, 11) is 0. The molecule has 11 heteroatoms. The second kappa shape index (κ2) is 15.8. The van der Waals surface area contributed by atoms with Crippen molar-refractivity contribution in [1.82, 2.24) is 5.32 Å². The number of carbonyl (C=O) groups excluding carboxylic acids is 3. The third-order valence-corrected chi connectivity index (χ3v) is 9.09. The smallest absolute Gasteiger partial charge is 0.272 e. The first-order valence-corrected chi connectivity index (χ1v) is 16.1. The molecule has 1 atom stereocenters. The molecule has 5 rings (SSSR count). The van der Waals surface area contributed by atoms with E-state index in [0.29, 0.717) is 27.5 Å².